The highest BCUT2D eigenvalue weighted by molar-refractivity contribution is 5.24. The van der Waals surface area contributed by atoms with Crippen LogP contribution in [0, 0.1) is 0 Å². The molecular weight excluding hydrogens is 167 g/mol. The second kappa shape index (κ2) is 6.38. The molecule has 0 unspecified atom stereocenters. The second-order valence-electron chi connectivity index (χ2n) is 2.75. The van der Waals surface area contributed by atoms with Gasteiger partial charge in [-0.25, -0.2) is 0 Å². The minimum Gasteiger partial charge on any atom is -0.380 e. The lowest BCUT2D eigenvalue weighted by Crippen LogP contribution is -1.89. The average molecular weight is 182 g/mol. The van der Waals surface area contributed by atoms with Gasteiger partial charge in [-0.3, -0.25) is 4.70 Å². The van der Waals surface area contributed by atoms with Crippen LogP contribution in [0.3, 0.4) is 0 Å². The normalized spacial score (nSPS) is 9.00. The number of halogens is 1. The van der Waals surface area contributed by atoms with Crippen LogP contribution >= 0.6 is 0 Å². The summed E-state index contributed by atoms with van der Waals surface area (Å²) in [6, 6.07) is 8.36. The van der Waals surface area contributed by atoms with Crippen LogP contribution in [0.5, 0.6) is 0 Å². The van der Waals surface area contributed by atoms with Crippen molar-refractivity contribution in [3.8, 4) is 0 Å². The fraction of sp³-hybridized carbons (Fsp3) is 0.273. The Morgan fingerprint density at radius 1 is 1.38 bits per heavy atom. The first-order valence-electron chi connectivity index (χ1n) is 4.04. The lowest BCUT2D eigenvalue weighted by Gasteiger charge is -2.01. The van der Waals surface area contributed by atoms with E-state index in [0.29, 0.717) is 6.61 Å². The lowest BCUT2D eigenvalue weighted by atomic mass is 10.1. The predicted molar refractivity (Wildman–Crippen MR) is 53.6 cm³/mol. The third kappa shape index (κ3) is 3.85. The zero-order valence-electron chi connectivity index (χ0n) is 7.82. The molecule has 0 aromatic heterocycles. The number of rotatable bonds is 4. The molecule has 0 saturated carbocycles. The van der Waals surface area contributed by atoms with Crippen LogP contribution in [0.15, 0.2) is 36.9 Å². The largest absolute Gasteiger partial charge is 0.380 e. The van der Waals surface area contributed by atoms with E-state index in [1.807, 2.05) is 12.1 Å². The molecule has 0 bridgehead atoms. The van der Waals surface area contributed by atoms with Crippen molar-refractivity contribution in [2.45, 2.75) is 13.0 Å². The number of ether oxygens (including phenoxy) is 1. The lowest BCUT2D eigenvalue weighted by molar-refractivity contribution is 0.185. The van der Waals surface area contributed by atoms with E-state index < -0.39 is 0 Å². The molecule has 0 heterocycles. The monoisotopic (exact) mass is 182 g/mol. The maximum absolute atomic E-state index is 5.04. The van der Waals surface area contributed by atoms with E-state index in [0.717, 1.165) is 6.42 Å². The van der Waals surface area contributed by atoms with E-state index in [9.17, 15) is 0 Å². The summed E-state index contributed by atoms with van der Waals surface area (Å²) in [5.41, 5.74) is 2.51. The van der Waals surface area contributed by atoms with Gasteiger partial charge in [-0.15, -0.1) is 6.58 Å². The van der Waals surface area contributed by atoms with Crippen LogP contribution in [0.25, 0.3) is 0 Å². The third-order valence-electron chi connectivity index (χ3n) is 1.68. The molecule has 1 aromatic carbocycles. The standard InChI is InChI=1S/C11H14O.FH/c1-3-5-10-6-4-7-11(8-10)9-12-2;/h3-4,6-8H,1,5,9H2,2H3;1H. The summed E-state index contributed by atoms with van der Waals surface area (Å²) in [6.07, 6.45) is 2.84. The van der Waals surface area contributed by atoms with E-state index in [-0.39, 0.29) is 4.70 Å². The number of hydrogen-bond acceptors (Lipinski definition) is 1. The highest BCUT2D eigenvalue weighted by Crippen LogP contribution is 2.06. The molecule has 0 spiro atoms. The van der Waals surface area contributed by atoms with Gasteiger partial charge in [0.05, 0.1) is 6.61 Å². The van der Waals surface area contributed by atoms with Crippen LogP contribution in [0.4, 0.5) is 4.70 Å². The highest BCUT2D eigenvalue weighted by atomic mass is 19.0. The molecule has 0 saturated heterocycles. The molecule has 1 aromatic rings. The van der Waals surface area contributed by atoms with Crippen LogP contribution in [0.1, 0.15) is 11.1 Å². The smallest absolute Gasteiger partial charge is 0.0713 e. The Kier molecular flexibility index (Phi) is 5.81. The summed E-state index contributed by atoms with van der Waals surface area (Å²) >= 11 is 0. The minimum absolute atomic E-state index is 0. The zero-order valence-corrected chi connectivity index (χ0v) is 7.82. The van der Waals surface area contributed by atoms with E-state index in [1.165, 1.54) is 11.1 Å². The second-order valence-corrected chi connectivity index (χ2v) is 2.75. The first-order valence-corrected chi connectivity index (χ1v) is 4.04. The summed E-state index contributed by atoms with van der Waals surface area (Å²) in [6.45, 7) is 4.39. The molecule has 13 heavy (non-hydrogen) atoms. The van der Waals surface area contributed by atoms with Crippen molar-refractivity contribution in [3.63, 3.8) is 0 Å². The van der Waals surface area contributed by atoms with Crippen molar-refractivity contribution < 1.29 is 9.44 Å². The van der Waals surface area contributed by atoms with Crippen molar-refractivity contribution in [1.82, 2.24) is 0 Å². The van der Waals surface area contributed by atoms with Crippen molar-refractivity contribution in [3.05, 3.63) is 48.0 Å². The molecule has 0 aliphatic heterocycles. The maximum Gasteiger partial charge on any atom is 0.0713 e. The highest BCUT2D eigenvalue weighted by Gasteiger charge is 1.92. The first-order chi connectivity index (χ1) is 5.86. The molecule has 0 aliphatic carbocycles. The Labute approximate surface area is 78.4 Å². The summed E-state index contributed by atoms with van der Waals surface area (Å²) in [5, 5.41) is 0. The molecule has 2 heteroatoms. The maximum atomic E-state index is 5.04. The molecular formula is C11H15FO. The van der Waals surface area contributed by atoms with Crippen LogP contribution in [0.2, 0.25) is 0 Å². The van der Waals surface area contributed by atoms with Gasteiger partial charge >= 0.3 is 0 Å². The third-order valence-corrected chi connectivity index (χ3v) is 1.68. The van der Waals surface area contributed by atoms with Gasteiger partial charge in [0.1, 0.15) is 0 Å². The van der Waals surface area contributed by atoms with Gasteiger partial charge in [-0.05, 0) is 17.5 Å². The molecule has 0 fully saturated rings. The van der Waals surface area contributed by atoms with Crippen molar-refractivity contribution in [2.24, 2.45) is 0 Å². The number of methoxy groups -OCH3 is 1. The van der Waals surface area contributed by atoms with Gasteiger partial charge in [0.2, 0.25) is 0 Å². The van der Waals surface area contributed by atoms with Crippen LogP contribution < -0.4 is 0 Å². The Morgan fingerprint density at radius 2 is 2.08 bits per heavy atom. The van der Waals surface area contributed by atoms with Gasteiger partial charge < -0.3 is 4.74 Å². The van der Waals surface area contributed by atoms with Gasteiger partial charge in [0.15, 0.2) is 0 Å². The Bertz CT molecular complexity index is 258. The molecule has 0 amide bonds. The van der Waals surface area contributed by atoms with E-state index >= 15 is 0 Å². The Balaban J connectivity index is 0.00000144. The number of hydrogen-bond donors (Lipinski definition) is 0. The van der Waals surface area contributed by atoms with E-state index in [4.69, 9.17) is 4.74 Å². The van der Waals surface area contributed by atoms with Gasteiger partial charge in [-0.2, -0.15) is 0 Å². The predicted octanol–water partition coefficient (Wildman–Crippen LogP) is 2.71. The van der Waals surface area contributed by atoms with Gasteiger partial charge in [0.25, 0.3) is 0 Å². The van der Waals surface area contributed by atoms with Gasteiger partial charge in [0, 0.05) is 7.11 Å². The molecule has 0 N–H and O–H groups in total. The fourth-order valence-electron chi connectivity index (χ4n) is 1.18. The van der Waals surface area contributed by atoms with E-state index in [2.05, 4.69) is 24.8 Å². The first kappa shape index (κ1) is 11.8. The molecule has 72 valence electrons. The Hall–Kier alpha value is -1.15. The molecule has 0 aliphatic rings. The van der Waals surface area contributed by atoms with Crippen molar-refractivity contribution in [1.29, 1.82) is 0 Å². The Morgan fingerprint density at radius 3 is 2.69 bits per heavy atom. The topological polar surface area (TPSA) is 9.23 Å². The quantitative estimate of drug-likeness (QED) is 0.650. The number of allylic oxidation sites excluding steroid dienone is 1. The average Bonchev–Trinajstić information content (AvgIpc) is 2.06. The van der Waals surface area contributed by atoms with Crippen LogP contribution in [-0.2, 0) is 17.8 Å². The van der Waals surface area contributed by atoms with Gasteiger partial charge in [-0.1, -0.05) is 30.3 Å². The fourth-order valence-corrected chi connectivity index (χ4v) is 1.18. The zero-order chi connectivity index (χ0) is 8.81. The molecule has 1 rings (SSSR count). The van der Waals surface area contributed by atoms with Crippen LogP contribution in [-0.4, -0.2) is 7.11 Å². The molecule has 0 atom stereocenters. The number of benzene rings is 1. The summed E-state index contributed by atoms with van der Waals surface area (Å²) < 4.78 is 5.04. The minimum atomic E-state index is 0. The summed E-state index contributed by atoms with van der Waals surface area (Å²) in [7, 11) is 1.71. The summed E-state index contributed by atoms with van der Waals surface area (Å²) in [5.74, 6) is 0. The molecule has 1 nitrogen and oxygen atoms in total. The SMILES string of the molecule is C=CCc1cccc(COC)c1.F. The summed E-state index contributed by atoms with van der Waals surface area (Å²) in [4.78, 5) is 0. The van der Waals surface area contributed by atoms with E-state index in [1.54, 1.807) is 7.11 Å². The molecule has 0 radical (unpaired) electrons. The van der Waals surface area contributed by atoms with Crippen molar-refractivity contribution >= 4 is 0 Å². The van der Waals surface area contributed by atoms with Crippen molar-refractivity contribution in [2.75, 3.05) is 7.11 Å².